The van der Waals surface area contributed by atoms with E-state index in [1.807, 2.05) is 33.8 Å². The smallest absolute Gasteiger partial charge is 0.391 e. The monoisotopic (exact) mass is 320 g/mol. The van der Waals surface area contributed by atoms with Gasteiger partial charge in [0, 0.05) is 18.6 Å². The topological polar surface area (TPSA) is 120 Å². The molecule has 0 saturated carbocycles. The molecule has 122 valence electrons. The van der Waals surface area contributed by atoms with Crippen molar-refractivity contribution in [3.8, 4) is 6.07 Å². The van der Waals surface area contributed by atoms with Crippen LogP contribution in [0.15, 0.2) is 0 Å². The van der Waals surface area contributed by atoms with Crippen LogP contribution >= 0.6 is 7.95 Å². The van der Waals surface area contributed by atoms with Gasteiger partial charge < -0.3 is 20.7 Å². The Labute approximate surface area is 127 Å². The summed E-state index contributed by atoms with van der Waals surface area (Å²) in [4.78, 5) is 0. The molecular weight excluding hydrogens is 293 g/mol. The molecule has 0 aliphatic carbocycles. The summed E-state index contributed by atoms with van der Waals surface area (Å²) in [5.41, 5.74) is 3.32. The van der Waals surface area contributed by atoms with E-state index in [1.165, 1.54) is 0 Å². The lowest BCUT2D eigenvalue weighted by Crippen LogP contribution is -2.43. The molecule has 0 spiro atoms. The summed E-state index contributed by atoms with van der Waals surface area (Å²) in [6.07, 6.45) is -1.23. The van der Waals surface area contributed by atoms with Crippen molar-refractivity contribution in [2.24, 2.45) is 5.73 Å². The van der Waals surface area contributed by atoms with Crippen molar-refractivity contribution >= 4 is 7.95 Å². The van der Waals surface area contributed by atoms with Crippen LogP contribution in [0.3, 0.4) is 0 Å². The number of aliphatic hydroxyl groups is 2. The zero-order chi connectivity index (χ0) is 16.6. The third-order valence-corrected chi connectivity index (χ3v) is 5.14. The third kappa shape index (κ3) is 6.35. The van der Waals surface area contributed by atoms with Crippen molar-refractivity contribution in [2.75, 3.05) is 13.2 Å². The van der Waals surface area contributed by atoms with E-state index in [1.54, 1.807) is 4.67 Å². The van der Waals surface area contributed by atoms with Gasteiger partial charge >= 0.3 is 13.5 Å². The predicted molar refractivity (Wildman–Crippen MR) is 80.5 cm³/mol. The molecular formula is C13H27N3O4P+. The van der Waals surface area contributed by atoms with Gasteiger partial charge in [0.1, 0.15) is 0 Å². The standard InChI is InChI=1S/C13H27N3O4P/c1-10(2)16(11(3)4)21(19)13(18,8-12(17)9-15)20-7-5-6-14/h10-12,17-18H,5,7-9,15H2,1-4H3/q+1/t12?,13-/m0/s1. The zero-order valence-corrected chi connectivity index (χ0v) is 14.1. The Bertz CT molecular complexity index is 365. The second-order valence-corrected chi connectivity index (χ2v) is 7.14. The summed E-state index contributed by atoms with van der Waals surface area (Å²) in [5.74, 6) is 0. The lowest BCUT2D eigenvalue weighted by molar-refractivity contribution is -0.157. The molecule has 7 nitrogen and oxygen atoms in total. The molecule has 0 heterocycles. The van der Waals surface area contributed by atoms with E-state index < -0.39 is 19.6 Å². The predicted octanol–water partition coefficient (Wildman–Crippen LogP) is 1.13. The Morgan fingerprint density at radius 1 is 1.38 bits per heavy atom. The molecule has 21 heavy (non-hydrogen) atoms. The van der Waals surface area contributed by atoms with Crippen molar-refractivity contribution in [1.82, 2.24) is 4.67 Å². The highest BCUT2D eigenvalue weighted by Crippen LogP contribution is 2.47. The average Bonchev–Trinajstić information content (AvgIpc) is 2.37. The summed E-state index contributed by atoms with van der Waals surface area (Å²) in [6, 6.07) is 1.74. The largest absolute Gasteiger partial charge is 0.502 e. The number of nitrogens with zero attached hydrogens (tertiary/aromatic N) is 2. The second-order valence-electron chi connectivity index (χ2n) is 5.43. The Hall–Kier alpha value is -0.610. The number of rotatable bonds is 10. The van der Waals surface area contributed by atoms with Gasteiger partial charge in [-0.2, -0.15) is 5.26 Å². The van der Waals surface area contributed by atoms with Crippen LogP contribution in [0.5, 0.6) is 0 Å². The first-order chi connectivity index (χ1) is 9.69. The number of nitrogens with two attached hydrogens (primary N) is 1. The Balaban J connectivity index is 5.25. The molecule has 0 aromatic carbocycles. The number of nitriles is 1. The molecule has 0 amide bonds. The van der Waals surface area contributed by atoms with E-state index in [-0.39, 0.29) is 38.1 Å². The minimum absolute atomic E-state index is 0.0601. The molecule has 0 fully saturated rings. The van der Waals surface area contributed by atoms with Crippen molar-refractivity contribution in [2.45, 2.75) is 64.3 Å². The van der Waals surface area contributed by atoms with Gasteiger partial charge in [-0.3, -0.25) is 0 Å². The highest BCUT2D eigenvalue weighted by Gasteiger charge is 2.56. The van der Waals surface area contributed by atoms with Crippen LogP contribution in [0.1, 0.15) is 40.5 Å². The Morgan fingerprint density at radius 3 is 2.29 bits per heavy atom. The fraction of sp³-hybridized carbons (Fsp3) is 0.923. The number of ether oxygens (including phenoxy) is 1. The van der Waals surface area contributed by atoms with Gasteiger partial charge in [0.05, 0.1) is 31.6 Å². The van der Waals surface area contributed by atoms with Gasteiger partial charge in [0.15, 0.2) is 0 Å². The summed E-state index contributed by atoms with van der Waals surface area (Å²) in [5, 5.41) is 28.8. The Morgan fingerprint density at radius 2 is 1.90 bits per heavy atom. The summed E-state index contributed by atoms with van der Waals surface area (Å²) in [7, 11) is -2.33. The fourth-order valence-electron chi connectivity index (χ4n) is 2.04. The van der Waals surface area contributed by atoms with E-state index in [0.717, 1.165) is 0 Å². The zero-order valence-electron chi connectivity index (χ0n) is 13.2. The van der Waals surface area contributed by atoms with E-state index >= 15 is 0 Å². The van der Waals surface area contributed by atoms with Crippen LogP contribution in [-0.4, -0.2) is 51.8 Å². The van der Waals surface area contributed by atoms with Crippen LogP contribution in [-0.2, 0) is 9.30 Å². The van der Waals surface area contributed by atoms with Gasteiger partial charge in [-0.25, -0.2) is 0 Å². The fourth-order valence-corrected chi connectivity index (χ4v) is 3.81. The van der Waals surface area contributed by atoms with Crippen molar-refractivity contribution in [3.05, 3.63) is 0 Å². The van der Waals surface area contributed by atoms with Gasteiger partial charge in [0.2, 0.25) is 0 Å². The van der Waals surface area contributed by atoms with E-state index in [9.17, 15) is 14.8 Å². The lowest BCUT2D eigenvalue weighted by atomic mass is 10.2. The van der Waals surface area contributed by atoms with Crippen molar-refractivity contribution in [3.63, 3.8) is 0 Å². The average molecular weight is 320 g/mol. The van der Waals surface area contributed by atoms with Crippen LogP contribution in [0, 0.1) is 11.3 Å². The van der Waals surface area contributed by atoms with Crippen LogP contribution < -0.4 is 5.73 Å². The molecule has 0 aliphatic rings. The molecule has 0 bridgehead atoms. The first-order valence-corrected chi connectivity index (χ1v) is 8.27. The van der Waals surface area contributed by atoms with Crippen LogP contribution in [0.4, 0.5) is 0 Å². The van der Waals surface area contributed by atoms with Crippen molar-refractivity contribution < 1.29 is 19.5 Å². The van der Waals surface area contributed by atoms with Crippen LogP contribution in [0.25, 0.3) is 0 Å². The minimum Gasteiger partial charge on any atom is -0.391 e. The summed E-state index contributed by atoms with van der Waals surface area (Å²) in [6.45, 7) is 7.32. The first kappa shape index (κ1) is 20.4. The molecule has 8 heteroatoms. The molecule has 0 saturated heterocycles. The quantitative estimate of drug-likeness (QED) is 0.313. The number of hydrogen-bond donors (Lipinski definition) is 3. The van der Waals surface area contributed by atoms with Gasteiger partial charge in [0.25, 0.3) is 0 Å². The molecule has 0 aliphatic heterocycles. The molecule has 0 aromatic heterocycles. The Kier molecular flexibility index (Phi) is 9.14. The molecule has 0 aromatic rings. The highest BCUT2D eigenvalue weighted by atomic mass is 31.1. The second kappa shape index (κ2) is 9.42. The SMILES string of the molecule is CC(C)N(C(C)C)[P+](=O)[C@](O)(CC(O)CN)OCCC#N. The third-order valence-electron chi connectivity index (χ3n) is 2.89. The molecule has 0 rings (SSSR count). The molecule has 3 atom stereocenters. The lowest BCUT2D eigenvalue weighted by Gasteiger charge is -2.27. The maximum atomic E-state index is 12.8. The van der Waals surface area contributed by atoms with E-state index in [0.29, 0.717) is 0 Å². The maximum Gasteiger partial charge on any atom is 0.502 e. The van der Waals surface area contributed by atoms with E-state index in [4.69, 9.17) is 15.7 Å². The van der Waals surface area contributed by atoms with Gasteiger partial charge in [-0.05, 0) is 32.3 Å². The highest BCUT2D eigenvalue weighted by molar-refractivity contribution is 7.43. The molecule has 4 N–H and O–H groups in total. The van der Waals surface area contributed by atoms with Gasteiger partial charge in [-0.1, -0.05) is 4.67 Å². The summed E-state index contributed by atoms with van der Waals surface area (Å²) >= 11 is 0. The van der Waals surface area contributed by atoms with E-state index in [2.05, 4.69) is 0 Å². The van der Waals surface area contributed by atoms with Crippen molar-refractivity contribution in [1.29, 1.82) is 5.26 Å². The van der Waals surface area contributed by atoms with Gasteiger partial charge in [-0.15, -0.1) is 0 Å². The maximum absolute atomic E-state index is 12.8. The first-order valence-electron chi connectivity index (χ1n) is 7.06. The minimum atomic E-state index is -2.33. The van der Waals surface area contributed by atoms with Crippen LogP contribution in [0.2, 0.25) is 0 Å². The molecule has 2 unspecified atom stereocenters. The number of aliphatic hydroxyl groups excluding tert-OH is 1. The normalized spacial score (nSPS) is 16.9. The number of hydrogen-bond acceptors (Lipinski definition) is 6. The summed E-state index contributed by atoms with van der Waals surface area (Å²) < 4.78 is 19.7. The molecule has 0 radical (unpaired) electrons.